The van der Waals surface area contributed by atoms with Crippen LogP contribution in [0, 0.1) is 0 Å². The molecule has 0 saturated carbocycles. The van der Waals surface area contributed by atoms with E-state index < -0.39 is 0 Å². The molecule has 0 unspecified atom stereocenters. The van der Waals surface area contributed by atoms with Crippen LogP contribution in [0.1, 0.15) is 36.7 Å². The van der Waals surface area contributed by atoms with Crippen LogP contribution in [0.2, 0.25) is 0 Å². The van der Waals surface area contributed by atoms with Gasteiger partial charge in [-0.3, -0.25) is 9.69 Å². The number of benzene rings is 2. The predicted octanol–water partition coefficient (Wildman–Crippen LogP) is 3.42. The van der Waals surface area contributed by atoms with E-state index in [0.717, 1.165) is 42.8 Å². The molecular weight excluding hydrogens is 354 g/mol. The van der Waals surface area contributed by atoms with Gasteiger partial charge in [-0.15, -0.1) is 0 Å². The topological polar surface area (TPSA) is 67.5 Å². The first-order chi connectivity index (χ1) is 13.8. The lowest BCUT2D eigenvalue weighted by molar-refractivity contribution is 0.241. The van der Waals surface area contributed by atoms with Crippen LogP contribution in [0.3, 0.4) is 0 Å². The number of rotatable bonds is 3. The fourth-order valence-electron chi connectivity index (χ4n) is 4.18. The van der Waals surface area contributed by atoms with E-state index >= 15 is 0 Å². The third-order valence-electron chi connectivity index (χ3n) is 5.53. The second-order valence-corrected chi connectivity index (χ2v) is 7.41. The van der Waals surface area contributed by atoms with E-state index in [1.54, 1.807) is 6.07 Å². The van der Waals surface area contributed by atoms with Gasteiger partial charge in [-0.05, 0) is 49.2 Å². The highest BCUT2D eigenvalue weighted by Gasteiger charge is 2.28. The van der Waals surface area contributed by atoms with Crippen molar-refractivity contribution in [2.45, 2.75) is 31.8 Å². The fourth-order valence-corrected chi connectivity index (χ4v) is 4.18. The summed E-state index contributed by atoms with van der Waals surface area (Å²) in [5.74, 6) is 2.37. The normalized spacial score (nSPS) is 19.6. The highest BCUT2D eigenvalue weighted by molar-refractivity contribution is 5.77. The highest BCUT2D eigenvalue weighted by Crippen LogP contribution is 2.38. The van der Waals surface area contributed by atoms with E-state index in [1.807, 2.05) is 24.3 Å². The van der Waals surface area contributed by atoms with Crippen molar-refractivity contribution in [1.29, 1.82) is 0 Å². The Morgan fingerprint density at radius 2 is 1.93 bits per heavy atom. The number of aromatic nitrogens is 2. The number of fused-ring (bicyclic) bond motifs is 2. The van der Waals surface area contributed by atoms with Gasteiger partial charge in [0.1, 0.15) is 5.82 Å². The summed E-state index contributed by atoms with van der Waals surface area (Å²) >= 11 is 0. The van der Waals surface area contributed by atoms with Crippen LogP contribution in [0.4, 0.5) is 0 Å². The minimum Gasteiger partial charge on any atom is -0.490 e. The third kappa shape index (κ3) is 3.24. The van der Waals surface area contributed by atoms with Crippen LogP contribution in [0.25, 0.3) is 10.9 Å². The summed E-state index contributed by atoms with van der Waals surface area (Å²) in [5, 5.41) is 0.632. The molecule has 6 heteroatoms. The summed E-state index contributed by atoms with van der Waals surface area (Å²) in [7, 11) is 0. The molecule has 28 heavy (non-hydrogen) atoms. The lowest BCUT2D eigenvalue weighted by Crippen LogP contribution is -2.25. The fraction of sp³-hybridized carbons (Fsp3) is 0.364. The van der Waals surface area contributed by atoms with Gasteiger partial charge in [0, 0.05) is 12.5 Å². The molecule has 1 atom stereocenters. The standard InChI is InChI=1S/C22H23N3O3/c26-22-16-5-1-2-6-17(16)23-21(24-22)14-25-10-3-7-18(25)15-8-9-19-20(13-15)28-12-4-11-27-19/h1-2,5-6,8-9,13,18H,3-4,7,10-12,14H2,(H,23,24,26)/t18-/m0/s1. The van der Waals surface area contributed by atoms with Gasteiger partial charge in [0.25, 0.3) is 5.56 Å². The lowest BCUT2D eigenvalue weighted by Gasteiger charge is -2.25. The van der Waals surface area contributed by atoms with Crippen LogP contribution in [0.5, 0.6) is 11.5 Å². The molecule has 1 saturated heterocycles. The molecule has 144 valence electrons. The molecular formula is C22H23N3O3. The van der Waals surface area contributed by atoms with Crippen molar-refractivity contribution >= 4 is 10.9 Å². The van der Waals surface area contributed by atoms with Crippen molar-refractivity contribution in [2.75, 3.05) is 19.8 Å². The predicted molar refractivity (Wildman–Crippen MR) is 107 cm³/mol. The van der Waals surface area contributed by atoms with Crippen molar-refractivity contribution in [3.8, 4) is 11.5 Å². The van der Waals surface area contributed by atoms with E-state index in [2.05, 4.69) is 27.0 Å². The number of hydrogen-bond acceptors (Lipinski definition) is 5. The molecule has 0 aliphatic carbocycles. The number of hydrogen-bond donors (Lipinski definition) is 1. The SMILES string of the molecule is O=c1[nH]c(CN2CCC[C@H]2c2ccc3c(c2)OCCCO3)nc2ccccc12. The van der Waals surface area contributed by atoms with Crippen LogP contribution < -0.4 is 15.0 Å². The van der Waals surface area contributed by atoms with Crippen LogP contribution >= 0.6 is 0 Å². The molecule has 1 fully saturated rings. The Morgan fingerprint density at radius 3 is 2.86 bits per heavy atom. The molecule has 1 aromatic heterocycles. The largest absolute Gasteiger partial charge is 0.490 e. The van der Waals surface area contributed by atoms with Crippen molar-refractivity contribution in [3.05, 3.63) is 64.2 Å². The second kappa shape index (κ2) is 7.28. The number of ether oxygens (including phenoxy) is 2. The van der Waals surface area contributed by atoms with Gasteiger partial charge in [0.15, 0.2) is 11.5 Å². The van der Waals surface area contributed by atoms with Crippen LogP contribution in [-0.4, -0.2) is 34.6 Å². The van der Waals surface area contributed by atoms with Gasteiger partial charge in [0.2, 0.25) is 0 Å². The molecule has 6 nitrogen and oxygen atoms in total. The maximum Gasteiger partial charge on any atom is 0.258 e. The first-order valence-electron chi connectivity index (χ1n) is 9.89. The molecule has 0 spiro atoms. The quantitative estimate of drug-likeness (QED) is 0.758. The number of nitrogens with one attached hydrogen (secondary N) is 1. The molecule has 2 aliphatic heterocycles. The van der Waals surface area contributed by atoms with E-state index in [4.69, 9.17) is 9.47 Å². The van der Waals surface area contributed by atoms with E-state index in [9.17, 15) is 4.79 Å². The smallest absolute Gasteiger partial charge is 0.258 e. The van der Waals surface area contributed by atoms with Crippen molar-refractivity contribution < 1.29 is 9.47 Å². The molecule has 0 amide bonds. The first-order valence-corrected chi connectivity index (χ1v) is 9.89. The Balaban J connectivity index is 1.42. The Hall–Kier alpha value is -2.86. The van der Waals surface area contributed by atoms with E-state index in [0.29, 0.717) is 31.0 Å². The number of H-pyrrole nitrogens is 1. The van der Waals surface area contributed by atoms with E-state index in [1.165, 1.54) is 5.56 Å². The molecule has 5 rings (SSSR count). The Labute approximate surface area is 163 Å². The summed E-state index contributed by atoms with van der Waals surface area (Å²) in [6, 6.07) is 14.0. The van der Waals surface area contributed by atoms with Crippen LogP contribution in [-0.2, 0) is 6.54 Å². The summed E-state index contributed by atoms with van der Waals surface area (Å²) in [6.07, 6.45) is 3.11. The minimum atomic E-state index is -0.0769. The Bertz CT molecular complexity index is 1060. The van der Waals surface area contributed by atoms with Gasteiger partial charge in [-0.1, -0.05) is 18.2 Å². The number of nitrogens with zero attached hydrogens (tertiary/aromatic N) is 2. The Morgan fingerprint density at radius 1 is 1.07 bits per heavy atom. The molecule has 1 N–H and O–H groups in total. The maximum atomic E-state index is 12.4. The number of para-hydroxylation sites is 1. The molecule has 0 radical (unpaired) electrons. The van der Waals surface area contributed by atoms with Gasteiger partial charge >= 0.3 is 0 Å². The number of likely N-dealkylation sites (tertiary alicyclic amines) is 1. The van der Waals surface area contributed by atoms with Crippen molar-refractivity contribution in [2.24, 2.45) is 0 Å². The third-order valence-corrected chi connectivity index (χ3v) is 5.53. The van der Waals surface area contributed by atoms with Crippen molar-refractivity contribution in [1.82, 2.24) is 14.9 Å². The van der Waals surface area contributed by atoms with E-state index in [-0.39, 0.29) is 11.6 Å². The molecule has 3 heterocycles. The first kappa shape index (κ1) is 17.3. The monoisotopic (exact) mass is 377 g/mol. The van der Waals surface area contributed by atoms with Gasteiger partial charge in [0.05, 0.1) is 30.7 Å². The Kier molecular flexibility index (Phi) is 4.49. The minimum absolute atomic E-state index is 0.0769. The average molecular weight is 377 g/mol. The van der Waals surface area contributed by atoms with Gasteiger partial charge in [-0.2, -0.15) is 0 Å². The van der Waals surface area contributed by atoms with Crippen LogP contribution in [0.15, 0.2) is 47.3 Å². The zero-order valence-electron chi connectivity index (χ0n) is 15.7. The zero-order valence-corrected chi connectivity index (χ0v) is 15.7. The molecule has 3 aromatic rings. The molecule has 2 aliphatic rings. The molecule has 2 aromatic carbocycles. The van der Waals surface area contributed by atoms with Gasteiger partial charge < -0.3 is 14.5 Å². The lowest BCUT2D eigenvalue weighted by atomic mass is 10.0. The summed E-state index contributed by atoms with van der Waals surface area (Å²) < 4.78 is 11.6. The second-order valence-electron chi connectivity index (χ2n) is 7.41. The maximum absolute atomic E-state index is 12.4. The summed E-state index contributed by atoms with van der Waals surface area (Å²) in [5.41, 5.74) is 1.89. The highest BCUT2D eigenvalue weighted by atomic mass is 16.5. The van der Waals surface area contributed by atoms with Gasteiger partial charge in [-0.25, -0.2) is 4.98 Å². The average Bonchev–Trinajstić information content (AvgIpc) is 3.03. The zero-order chi connectivity index (χ0) is 18.9. The summed E-state index contributed by atoms with van der Waals surface area (Å²) in [4.78, 5) is 22.4. The number of aromatic amines is 1. The summed E-state index contributed by atoms with van der Waals surface area (Å²) in [6.45, 7) is 2.99. The van der Waals surface area contributed by atoms with Crippen molar-refractivity contribution in [3.63, 3.8) is 0 Å². The molecule has 0 bridgehead atoms.